The van der Waals surface area contributed by atoms with Crippen LogP contribution in [0.5, 0.6) is 0 Å². The second kappa shape index (κ2) is 5.59. The highest BCUT2D eigenvalue weighted by Gasteiger charge is 2.32. The second-order valence-electron chi connectivity index (χ2n) is 5.45. The minimum Gasteiger partial charge on any atom is -0.226 e. The maximum atomic E-state index is 8.49. The molecule has 0 fully saturated rings. The molecule has 23 heavy (non-hydrogen) atoms. The van der Waals surface area contributed by atoms with E-state index in [1.54, 1.807) is 0 Å². The molecule has 2 aromatic carbocycles. The molecule has 0 bridgehead atoms. The summed E-state index contributed by atoms with van der Waals surface area (Å²) in [5.74, 6) is 1.33. The van der Waals surface area contributed by atoms with Crippen LogP contribution in [0.4, 0.5) is 0 Å². The van der Waals surface area contributed by atoms with Crippen molar-refractivity contribution in [2.45, 2.75) is 13.5 Å². The Morgan fingerprint density at radius 2 is 1.65 bits per heavy atom. The zero-order chi connectivity index (χ0) is 16.8. The summed E-state index contributed by atoms with van der Waals surface area (Å²) in [4.78, 5) is 0. The summed E-state index contributed by atoms with van der Waals surface area (Å²) in [5.41, 5.74) is 6.83. The number of hydrogen-bond donors (Lipinski definition) is 0. The van der Waals surface area contributed by atoms with E-state index in [0.29, 0.717) is 0 Å². The van der Waals surface area contributed by atoms with Crippen molar-refractivity contribution in [1.29, 1.82) is 0 Å². The van der Waals surface area contributed by atoms with Crippen LogP contribution in [0.3, 0.4) is 0 Å². The zero-order valence-electron chi connectivity index (χ0n) is 12.7. The lowest BCUT2D eigenvalue weighted by molar-refractivity contribution is -2.00. The number of aryl methyl sites for hydroxylation is 2. The van der Waals surface area contributed by atoms with Crippen molar-refractivity contribution in [1.82, 2.24) is 4.57 Å². The van der Waals surface area contributed by atoms with Crippen molar-refractivity contribution < 1.29 is 33.4 Å². The van der Waals surface area contributed by atoms with Crippen LogP contribution in [0.15, 0.2) is 42.5 Å². The number of para-hydroxylation sites is 1. The summed E-state index contributed by atoms with van der Waals surface area (Å²) >= 11 is 0. The van der Waals surface area contributed by atoms with Gasteiger partial charge in [0.2, 0.25) is 0 Å². The lowest BCUT2D eigenvalue weighted by Gasteiger charge is -2.17. The molecule has 6 nitrogen and oxygen atoms in total. The number of aromatic nitrogens is 2. The highest BCUT2D eigenvalue weighted by Crippen LogP contribution is 2.31. The minimum absolute atomic E-state index is 0.994. The minimum atomic E-state index is -4.94. The normalized spacial score (nSPS) is 12.6. The molecular weight excluding hydrogens is 320 g/mol. The van der Waals surface area contributed by atoms with E-state index < -0.39 is 10.2 Å². The number of imidazole rings is 1. The van der Waals surface area contributed by atoms with Crippen molar-refractivity contribution in [2.75, 3.05) is 0 Å². The van der Waals surface area contributed by atoms with Gasteiger partial charge in [-0.3, -0.25) is 0 Å². The molecule has 0 saturated heterocycles. The molecule has 1 aromatic heterocycles. The molecule has 120 valence electrons. The van der Waals surface area contributed by atoms with Crippen molar-refractivity contribution in [3.05, 3.63) is 53.6 Å². The number of nitrogens with zero attached hydrogens (tertiary/aromatic N) is 2. The molecule has 3 aromatic rings. The number of fused-ring (bicyclic) bond motifs is 5. The standard InChI is InChI=1S/C16H15N2.ClHO4/c1-11-6-5-9-14-15(11)18-10-12-7-3-4-8-13(12)16(18)17(14)2;2-1(3,4)5/h3-9H,10H2,1-2H3;(H,2,3,4,5)/q+1;/p-1. The van der Waals surface area contributed by atoms with E-state index in [4.69, 9.17) is 18.6 Å². The smallest absolute Gasteiger partial charge is 0.226 e. The molecule has 0 saturated carbocycles. The SMILES string of the molecule is Cc1cccc2c1[n+]1c(n2C)-c2ccccc2C1.[O-][Cl+3]([O-])([O-])[O-]. The van der Waals surface area contributed by atoms with Crippen LogP contribution in [0, 0.1) is 17.2 Å². The van der Waals surface area contributed by atoms with Gasteiger partial charge in [0.15, 0.2) is 11.0 Å². The zero-order valence-corrected chi connectivity index (χ0v) is 13.4. The third-order valence-corrected chi connectivity index (χ3v) is 4.01. The van der Waals surface area contributed by atoms with Crippen molar-refractivity contribution in [3.63, 3.8) is 0 Å². The van der Waals surface area contributed by atoms with Crippen LogP contribution in [0.2, 0.25) is 0 Å². The van der Waals surface area contributed by atoms with Gasteiger partial charge in [-0.05, 0) is 19.1 Å². The fraction of sp³-hybridized carbons (Fsp3) is 0.188. The van der Waals surface area contributed by atoms with Gasteiger partial charge in [0.25, 0.3) is 5.82 Å². The molecule has 0 unspecified atom stereocenters. The summed E-state index contributed by atoms with van der Waals surface area (Å²) in [6.07, 6.45) is 0. The Kier molecular flexibility index (Phi) is 3.87. The van der Waals surface area contributed by atoms with E-state index >= 15 is 0 Å². The Morgan fingerprint density at radius 3 is 2.35 bits per heavy atom. The fourth-order valence-corrected chi connectivity index (χ4v) is 3.19. The summed E-state index contributed by atoms with van der Waals surface area (Å²) in [6, 6.07) is 15.2. The average molecular weight is 335 g/mol. The maximum absolute atomic E-state index is 8.49. The third kappa shape index (κ3) is 2.95. The maximum Gasteiger partial charge on any atom is 0.290 e. The van der Waals surface area contributed by atoms with E-state index in [1.165, 1.54) is 33.5 Å². The molecule has 2 heterocycles. The van der Waals surface area contributed by atoms with Crippen LogP contribution < -0.4 is 23.2 Å². The van der Waals surface area contributed by atoms with Crippen molar-refractivity contribution >= 4 is 11.0 Å². The first kappa shape index (κ1) is 15.9. The topological polar surface area (TPSA) is 101 Å². The van der Waals surface area contributed by atoms with E-state index in [1.807, 2.05) is 0 Å². The molecule has 7 heteroatoms. The van der Waals surface area contributed by atoms with Gasteiger partial charge in [-0.25, -0.2) is 27.8 Å². The van der Waals surface area contributed by atoms with Crippen molar-refractivity contribution in [3.8, 4) is 11.4 Å². The highest BCUT2D eigenvalue weighted by molar-refractivity contribution is 5.80. The largest absolute Gasteiger partial charge is 0.290 e. The van der Waals surface area contributed by atoms with Crippen molar-refractivity contribution in [2.24, 2.45) is 7.05 Å². The second-order valence-corrected chi connectivity index (χ2v) is 6.20. The van der Waals surface area contributed by atoms with Gasteiger partial charge in [-0.2, -0.15) is 0 Å². The molecule has 0 radical (unpaired) electrons. The Morgan fingerprint density at radius 1 is 1.00 bits per heavy atom. The summed E-state index contributed by atoms with van der Waals surface area (Å²) in [5, 5.41) is 0. The number of benzene rings is 2. The van der Waals surface area contributed by atoms with Gasteiger partial charge in [0.1, 0.15) is 6.54 Å². The summed E-state index contributed by atoms with van der Waals surface area (Å²) < 4.78 is 38.7. The highest BCUT2D eigenvalue weighted by atomic mass is 35.7. The first-order valence-corrected chi connectivity index (χ1v) is 8.18. The number of hydrogen-bond acceptors (Lipinski definition) is 4. The average Bonchev–Trinajstić information content (AvgIpc) is 2.95. The van der Waals surface area contributed by atoms with Crippen LogP contribution in [0.1, 0.15) is 11.1 Å². The Hall–Kier alpha value is -1.96. The first-order valence-electron chi connectivity index (χ1n) is 6.95. The molecule has 0 N–H and O–H groups in total. The predicted octanol–water partition coefficient (Wildman–Crippen LogP) is -1.95. The van der Waals surface area contributed by atoms with Gasteiger partial charge in [0.05, 0.1) is 12.6 Å². The third-order valence-electron chi connectivity index (χ3n) is 4.01. The van der Waals surface area contributed by atoms with Gasteiger partial charge >= 0.3 is 0 Å². The van der Waals surface area contributed by atoms with E-state index in [2.05, 4.69) is 65.6 Å². The lowest BCUT2D eigenvalue weighted by Crippen LogP contribution is -2.68. The Balaban J connectivity index is 0.000000276. The van der Waals surface area contributed by atoms with Crippen LogP contribution in [0.25, 0.3) is 22.4 Å². The number of rotatable bonds is 0. The monoisotopic (exact) mass is 334 g/mol. The number of halogens is 1. The summed E-state index contributed by atoms with van der Waals surface area (Å²) in [6.45, 7) is 3.19. The Bertz CT molecular complexity index is 878. The first-order chi connectivity index (χ1) is 10.8. The van der Waals surface area contributed by atoms with E-state index in [9.17, 15) is 0 Å². The van der Waals surface area contributed by atoms with Crippen LogP contribution in [-0.4, -0.2) is 4.57 Å². The fourth-order valence-electron chi connectivity index (χ4n) is 3.19. The lowest BCUT2D eigenvalue weighted by atomic mass is 10.1. The van der Waals surface area contributed by atoms with Gasteiger partial charge in [0, 0.05) is 11.1 Å². The predicted molar refractivity (Wildman–Crippen MR) is 72.4 cm³/mol. The molecule has 0 amide bonds. The van der Waals surface area contributed by atoms with Gasteiger partial charge in [-0.1, -0.05) is 30.3 Å². The van der Waals surface area contributed by atoms with E-state index in [0.717, 1.165) is 6.54 Å². The van der Waals surface area contributed by atoms with Gasteiger partial charge < -0.3 is 0 Å². The quantitative estimate of drug-likeness (QED) is 0.349. The molecule has 0 atom stereocenters. The molecule has 4 rings (SSSR count). The molecule has 1 aliphatic heterocycles. The Labute approximate surface area is 135 Å². The molecule has 0 aliphatic carbocycles. The molecular formula is C16H15ClN2O4. The van der Waals surface area contributed by atoms with E-state index in [-0.39, 0.29) is 0 Å². The van der Waals surface area contributed by atoms with Crippen LogP contribution >= 0.6 is 0 Å². The van der Waals surface area contributed by atoms with Gasteiger partial charge in [-0.15, -0.1) is 10.2 Å². The molecule has 0 spiro atoms. The van der Waals surface area contributed by atoms with Crippen LogP contribution in [-0.2, 0) is 13.6 Å². The summed E-state index contributed by atoms with van der Waals surface area (Å²) in [7, 11) is -2.78. The molecule has 1 aliphatic rings.